The Morgan fingerprint density at radius 3 is 2.85 bits per heavy atom. The standard InChI is InChI=1S/C15H13ClFN3/c1-20-13-6-5-9(8-18)7-12(13)19-15(20)10-3-2-4-11(16)14(10)17/h2-7H,8,18H2,1H3. The number of imidazole rings is 1. The summed E-state index contributed by atoms with van der Waals surface area (Å²) in [5.41, 5.74) is 8.74. The van der Waals surface area contributed by atoms with E-state index in [4.69, 9.17) is 17.3 Å². The highest BCUT2D eigenvalue weighted by atomic mass is 35.5. The minimum absolute atomic E-state index is 0.0946. The first kappa shape index (κ1) is 13.1. The Balaban J connectivity index is 2.26. The van der Waals surface area contributed by atoms with E-state index in [1.165, 1.54) is 6.07 Å². The van der Waals surface area contributed by atoms with Crippen LogP contribution in [0.5, 0.6) is 0 Å². The van der Waals surface area contributed by atoms with Gasteiger partial charge >= 0.3 is 0 Å². The summed E-state index contributed by atoms with van der Waals surface area (Å²) in [5, 5.41) is 0.0946. The molecule has 0 bridgehead atoms. The molecule has 3 nitrogen and oxygen atoms in total. The molecule has 0 saturated carbocycles. The van der Waals surface area contributed by atoms with Crippen molar-refractivity contribution in [3.8, 4) is 11.4 Å². The lowest BCUT2D eigenvalue weighted by Crippen LogP contribution is -1.96. The number of benzene rings is 2. The van der Waals surface area contributed by atoms with Crippen LogP contribution in [0.3, 0.4) is 0 Å². The van der Waals surface area contributed by atoms with Gasteiger partial charge in [-0.3, -0.25) is 0 Å². The van der Waals surface area contributed by atoms with Crippen LogP contribution in [-0.2, 0) is 13.6 Å². The molecular weight excluding hydrogens is 277 g/mol. The van der Waals surface area contributed by atoms with Crippen LogP contribution in [0.4, 0.5) is 4.39 Å². The fourth-order valence-corrected chi connectivity index (χ4v) is 2.46. The molecule has 1 aromatic heterocycles. The molecule has 2 aromatic carbocycles. The number of aromatic nitrogens is 2. The van der Waals surface area contributed by atoms with Gasteiger partial charge in [0.05, 0.1) is 21.6 Å². The van der Waals surface area contributed by atoms with Crippen molar-refractivity contribution in [1.82, 2.24) is 9.55 Å². The third-order valence-corrected chi connectivity index (χ3v) is 3.67. The van der Waals surface area contributed by atoms with Gasteiger partial charge in [0.25, 0.3) is 0 Å². The Hall–Kier alpha value is -1.91. The fourth-order valence-electron chi connectivity index (χ4n) is 2.29. The third-order valence-electron chi connectivity index (χ3n) is 3.37. The molecule has 0 spiro atoms. The van der Waals surface area contributed by atoms with E-state index in [1.54, 1.807) is 12.1 Å². The van der Waals surface area contributed by atoms with Gasteiger partial charge in [-0.1, -0.05) is 23.7 Å². The second-order valence-corrected chi connectivity index (χ2v) is 5.03. The van der Waals surface area contributed by atoms with Gasteiger partial charge in [0.2, 0.25) is 0 Å². The molecule has 0 fully saturated rings. The zero-order valence-electron chi connectivity index (χ0n) is 10.9. The average Bonchev–Trinajstić information content (AvgIpc) is 2.78. The maximum Gasteiger partial charge on any atom is 0.152 e. The van der Waals surface area contributed by atoms with E-state index < -0.39 is 5.82 Å². The average molecular weight is 290 g/mol. The minimum Gasteiger partial charge on any atom is -0.327 e. The topological polar surface area (TPSA) is 43.8 Å². The summed E-state index contributed by atoms with van der Waals surface area (Å²) >= 11 is 5.83. The number of halogens is 2. The summed E-state index contributed by atoms with van der Waals surface area (Å²) in [7, 11) is 1.85. The molecule has 3 aromatic rings. The first-order chi connectivity index (χ1) is 9.61. The molecule has 3 rings (SSSR count). The number of fused-ring (bicyclic) bond motifs is 1. The lowest BCUT2D eigenvalue weighted by Gasteiger charge is -2.05. The molecule has 0 aliphatic carbocycles. The zero-order valence-corrected chi connectivity index (χ0v) is 11.7. The van der Waals surface area contributed by atoms with Gasteiger partial charge < -0.3 is 10.3 Å². The normalized spacial score (nSPS) is 11.2. The second kappa shape index (κ2) is 4.89. The van der Waals surface area contributed by atoms with Gasteiger partial charge in [-0.25, -0.2) is 9.37 Å². The van der Waals surface area contributed by atoms with Crippen molar-refractivity contribution < 1.29 is 4.39 Å². The number of hydrogen-bond donors (Lipinski definition) is 1. The monoisotopic (exact) mass is 289 g/mol. The first-order valence-corrected chi connectivity index (χ1v) is 6.59. The van der Waals surface area contributed by atoms with Crippen LogP contribution < -0.4 is 5.73 Å². The second-order valence-electron chi connectivity index (χ2n) is 4.62. The van der Waals surface area contributed by atoms with E-state index in [1.807, 2.05) is 29.8 Å². The predicted octanol–water partition coefficient (Wildman–Crippen LogP) is 3.49. The Labute approximate surface area is 120 Å². The number of hydrogen-bond acceptors (Lipinski definition) is 2. The summed E-state index contributed by atoms with van der Waals surface area (Å²) in [6, 6.07) is 10.7. The molecule has 2 N–H and O–H groups in total. The van der Waals surface area contributed by atoms with Crippen LogP contribution in [0, 0.1) is 5.82 Å². The molecule has 1 heterocycles. The molecule has 20 heavy (non-hydrogen) atoms. The highest BCUT2D eigenvalue weighted by Gasteiger charge is 2.15. The largest absolute Gasteiger partial charge is 0.327 e. The minimum atomic E-state index is -0.452. The molecule has 0 saturated heterocycles. The van der Waals surface area contributed by atoms with Crippen LogP contribution in [0.25, 0.3) is 22.4 Å². The van der Waals surface area contributed by atoms with E-state index in [2.05, 4.69) is 4.98 Å². The molecule has 0 aliphatic rings. The van der Waals surface area contributed by atoms with Gasteiger partial charge in [0, 0.05) is 13.6 Å². The molecule has 0 radical (unpaired) electrons. The maximum atomic E-state index is 14.1. The van der Waals surface area contributed by atoms with Gasteiger partial charge in [-0.2, -0.15) is 0 Å². The predicted molar refractivity (Wildman–Crippen MR) is 79.0 cm³/mol. The first-order valence-electron chi connectivity index (χ1n) is 6.21. The quantitative estimate of drug-likeness (QED) is 0.785. The number of aryl methyl sites for hydroxylation is 1. The van der Waals surface area contributed by atoms with E-state index in [-0.39, 0.29) is 5.02 Å². The van der Waals surface area contributed by atoms with Crippen molar-refractivity contribution in [2.45, 2.75) is 6.54 Å². The summed E-state index contributed by atoms with van der Waals surface area (Å²) in [6.45, 7) is 0.452. The number of nitrogens with zero attached hydrogens (tertiary/aromatic N) is 2. The molecule has 102 valence electrons. The number of rotatable bonds is 2. The third kappa shape index (κ3) is 1.97. The molecule has 0 atom stereocenters. The summed E-state index contributed by atoms with van der Waals surface area (Å²) in [6.07, 6.45) is 0. The molecular formula is C15H13ClFN3. The van der Waals surface area contributed by atoms with Crippen LogP contribution >= 0.6 is 11.6 Å². The summed E-state index contributed by atoms with van der Waals surface area (Å²) in [4.78, 5) is 4.50. The van der Waals surface area contributed by atoms with Crippen molar-refractivity contribution in [3.05, 3.63) is 52.8 Å². The molecule has 0 unspecified atom stereocenters. The van der Waals surface area contributed by atoms with Crippen molar-refractivity contribution in [1.29, 1.82) is 0 Å². The van der Waals surface area contributed by atoms with Crippen LogP contribution in [0.2, 0.25) is 5.02 Å². The highest BCUT2D eigenvalue weighted by Crippen LogP contribution is 2.29. The smallest absolute Gasteiger partial charge is 0.152 e. The van der Waals surface area contributed by atoms with Crippen LogP contribution in [-0.4, -0.2) is 9.55 Å². The van der Waals surface area contributed by atoms with Gasteiger partial charge in [0.15, 0.2) is 5.82 Å². The van der Waals surface area contributed by atoms with Gasteiger partial charge in [-0.15, -0.1) is 0 Å². The number of nitrogens with two attached hydrogens (primary N) is 1. The van der Waals surface area contributed by atoms with E-state index in [0.29, 0.717) is 17.9 Å². The summed E-state index contributed by atoms with van der Waals surface area (Å²) < 4.78 is 16.0. The summed E-state index contributed by atoms with van der Waals surface area (Å²) in [5.74, 6) is 0.0980. The van der Waals surface area contributed by atoms with E-state index >= 15 is 0 Å². The lowest BCUT2D eigenvalue weighted by atomic mass is 10.2. The molecule has 0 aliphatic heterocycles. The highest BCUT2D eigenvalue weighted by molar-refractivity contribution is 6.31. The Kier molecular flexibility index (Phi) is 3.20. The van der Waals surface area contributed by atoms with Crippen molar-refractivity contribution in [2.24, 2.45) is 12.8 Å². The van der Waals surface area contributed by atoms with E-state index in [9.17, 15) is 4.39 Å². The van der Waals surface area contributed by atoms with Crippen molar-refractivity contribution in [2.75, 3.05) is 0 Å². The van der Waals surface area contributed by atoms with Crippen molar-refractivity contribution >= 4 is 22.6 Å². The van der Waals surface area contributed by atoms with Crippen LogP contribution in [0.15, 0.2) is 36.4 Å². The lowest BCUT2D eigenvalue weighted by molar-refractivity contribution is 0.629. The van der Waals surface area contributed by atoms with Gasteiger partial charge in [-0.05, 0) is 29.8 Å². The zero-order chi connectivity index (χ0) is 14.3. The Bertz CT molecular complexity index is 795. The van der Waals surface area contributed by atoms with Gasteiger partial charge in [0.1, 0.15) is 5.82 Å². The van der Waals surface area contributed by atoms with Crippen LogP contribution in [0.1, 0.15) is 5.56 Å². The maximum absolute atomic E-state index is 14.1. The molecule has 5 heteroatoms. The SMILES string of the molecule is Cn1c(-c2cccc(Cl)c2F)nc2cc(CN)ccc21. The molecule has 0 amide bonds. The Morgan fingerprint density at radius 1 is 1.30 bits per heavy atom. The van der Waals surface area contributed by atoms with E-state index in [0.717, 1.165) is 16.6 Å². The van der Waals surface area contributed by atoms with Crippen molar-refractivity contribution in [3.63, 3.8) is 0 Å². The Morgan fingerprint density at radius 2 is 2.10 bits per heavy atom. The fraction of sp³-hybridized carbons (Fsp3) is 0.133.